The van der Waals surface area contributed by atoms with Gasteiger partial charge < -0.3 is 4.11 Å². The largest absolute Gasteiger partial charge is 0.318 e. The highest BCUT2D eigenvalue weighted by atomic mass is 28.3. The Bertz CT molecular complexity index is 75.3. The third-order valence-electron chi connectivity index (χ3n) is 2.38. The quantitative estimate of drug-likeness (QED) is 0.439. The minimum atomic E-state index is -1.89. The van der Waals surface area contributed by atoms with E-state index in [1.165, 1.54) is 0 Å². The van der Waals surface area contributed by atoms with E-state index in [9.17, 15) is 4.11 Å². The summed E-state index contributed by atoms with van der Waals surface area (Å²) in [4.78, 5) is 0. The van der Waals surface area contributed by atoms with Gasteiger partial charge in [-0.25, -0.2) is 0 Å². The number of hydrogen-bond donors (Lipinski definition) is 0. The van der Waals surface area contributed by atoms with Crippen molar-refractivity contribution in [3.05, 3.63) is 0 Å². The van der Waals surface area contributed by atoms with Crippen LogP contribution in [0, 0.1) is 0 Å². The summed E-state index contributed by atoms with van der Waals surface area (Å²) < 4.78 is 13.3. The second kappa shape index (κ2) is 4.89. The van der Waals surface area contributed by atoms with Gasteiger partial charge in [-0.3, -0.25) is 0 Å². The van der Waals surface area contributed by atoms with E-state index < -0.39 is 9.13 Å². The van der Waals surface area contributed by atoms with Gasteiger partial charge in [-0.1, -0.05) is 40.5 Å². The van der Waals surface area contributed by atoms with Gasteiger partial charge in [0.1, 0.15) is 0 Å². The molecule has 2 unspecified atom stereocenters. The third-order valence-corrected chi connectivity index (χ3v) is 5.49. The maximum Gasteiger partial charge on any atom is 0.237 e. The van der Waals surface area contributed by atoms with Crippen LogP contribution in [0.5, 0.6) is 0 Å². The molecule has 0 heterocycles. The van der Waals surface area contributed by atoms with E-state index in [0.29, 0.717) is 11.1 Å². The summed E-state index contributed by atoms with van der Waals surface area (Å²) in [6, 6.07) is 0. The summed E-state index contributed by atoms with van der Waals surface area (Å²) in [6.07, 6.45) is 2.02. The second-order valence-electron chi connectivity index (χ2n) is 3.22. The Labute approximate surface area is 65.6 Å². The second-order valence-corrected chi connectivity index (χ2v) is 6.38. The van der Waals surface area contributed by atoms with Crippen molar-refractivity contribution in [3.63, 3.8) is 0 Å². The van der Waals surface area contributed by atoms with Crippen molar-refractivity contribution >= 4 is 9.13 Å². The Morgan fingerprint density at radius 2 is 1.40 bits per heavy atom. The van der Waals surface area contributed by atoms with E-state index in [0.717, 1.165) is 12.8 Å². The smallest absolute Gasteiger partial charge is 0.237 e. The molecular formula is C8H19FSi. The molecular weight excluding hydrogens is 143 g/mol. The van der Waals surface area contributed by atoms with Crippen molar-refractivity contribution < 1.29 is 4.11 Å². The molecule has 0 nitrogen and oxygen atoms in total. The van der Waals surface area contributed by atoms with Crippen molar-refractivity contribution in [2.45, 2.75) is 51.6 Å². The van der Waals surface area contributed by atoms with Gasteiger partial charge in [-0.15, -0.1) is 0 Å². The zero-order valence-electron chi connectivity index (χ0n) is 7.52. The summed E-state index contributed by atoms with van der Waals surface area (Å²) in [6.45, 7) is 8.24. The molecule has 0 aliphatic heterocycles. The van der Waals surface area contributed by atoms with Gasteiger partial charge in [-0.05, 0) is 11.1 Å². The molecule has 0 bridgehead atoms. The average Bonchev–Trinajstić information content (AvgIpc) is 2.00. The standard InChI is InChI=1S/C8H19FSi/c1-5-7(3)10(9)8(4)6-2/h7-8,10H,5-6H2,1-4H3. The Morgan fingerprint density at radius 1 is 1.10 bits per heavy atom. The zero-order chi connectivity index (χ0) is 8.15. The topological polar surface area (TPSA) is 0 Å². The van der Waals surface area contributed by atoms with E-state index in [1.807, 2.05) is 13.8 Å². The van der Waals surface area contributed by atoms with Gasteiger partial charge in [0.2, 0.25) is 9.13 Å². The van der Waals surface area contributed by atoms with E-state index in [4.69, 9.17) is 0 Å². The lowest BCUT2D eigenvalue weighted by Gasteiger charge is -2.17. The predicted octanol–water partition coefficient (Wildman–Crippen LogP) is 3.28. The molecule has 0 aromatic rings. The van der Waals surface area contributed by atoms with Crippen molar-refractivity contribution in [1.29, 1.82) is 0 Å². The van der Waals surface area contributed by atoms with Crippen LogP contribution < -0.4 is 0 Å². The molecule has 0 aliphatic carbocycles. The first-order valence-corrected chi connectivity index (χ1v) is 6.04. The van der Waals surface area contributed by atoms with Crippen LogP contribution in [0.15, 0.2) is 0 Å². The van der Waals surface area contributed by atoms with Gasteiger partial charge >= 0.3 is 0 Å². The molecule has 0 rings (SSSR count). The summed E-state index contributed by atoms with van der Waals surface area (Å²) in [5, 5.41) is 0. The summed E-state index contributed by atoms with van der Waals surface area (Å²) >= 11 is 0. The van der Waals surface area contributed by atoms with Crippen LogP contribution in [0.1, 0.15) is 40.5 Å². The van der Waals surface area contributed by atoms with E-state index in [1.54, 1.807) is 0 Å². The Kier molecular flexibility index (Phi) is 4.96. The molecule has 0 fully saturated rings. The molecule has 0 radical (unpaired) electrons. The highest BCUT2D eigenvalue weighted by Crippen LogP contribution is 2.26. The fraction of sp³-hybridized carbons (Fsp3) is 1.00. The molecule has 2 heteroatoms. The minimum absolute atomic E-state index is 0.370. The SMILES string of the molecule is CCC(C)[SiH](F)C(C)CC. The van der Waals surface area contributed by atoms with E-state index in [-0.39, 0.29) is 0 Å². The maximum absolute atomic E-state index is 13.3. The van der Waals surface area contributed by atoms with Gasteiger partial charge in [0.05, 0.1) is 0 Å². The molecule has 2 atom stereocenters. The van der Waals surface area contributed by atoms with Crippen LogP contribution in [0.3, 0.4) is 0 Å². The lowest BCUT2D eigenvalue weighted by molar-refractivity contribution is 0.667. The third kappa shape index (κ3) is 2.82. The van der Waals surface area contributed by atoms with Crippen molar-refractivity contribution in [3.8, 4) is 0 Å². The van der Waals surface area contributed by atoms with Gasteiger partial charge in [0.15, 0.2) is 0 Å². The molecule has 10 heavy (non-hydrogen) atoms. The summed E-state index contributed by atoms with van der Waals surface area (Å²) in [5.41, 5.74) is 0.741. The Hall–Kier alpha value is 0.147. The lowest BCUT2D eigenvalue weighted by Crippen LogP contribution is -2.17. The van der Waals surface area contributed by atoms with Gasteiger partial charge in [0, 0.05) is 0 Å². The van der Waals surface area contributed by atoms with Crippen LogP contribution in [-0.4, -0.2) is 9.13 Å². The first-order chi connectivity index (χ1) is 4.63. The Morgan fingerprint density at radius 3 is 1.60 bits per heavy atom. The molecule has 0 saturated carbocycles. The van der Waals surface area contributed by atoms with Crippen molar-refractivity contribution in [2.75, 3.05) is 0 Å². The molecule has 0 aromatic heterocycles. The first kappa shape index (κ1) is 10.1. The predicted molar refractivity (Wildman–Crippen MR) is 47.7 cm³/mol. The van der Waals surface area contributed by atoms with Crippen molar-refractivity contribution in [1.82, 2.24) is 0 Å². The van der Waals surface area contributed by atoms with Gasteiger partial charge in [0.25, 0.3) is 0 Å². The monoisotopic (exact) mass is 162 g/mol. The van der Waals surface area contributed by atoms with E-state index in [2.05, 4.69) is 13.8 Å². The first-order valence-electron chi connectivity index (χ1n) is 4.27. The Balaban J connectivity index is 3.69. The van der Waals surface area contributed by atoms with Crippen LogP contribution >= 0.6 is 0 Å². The van der Waals surface area contributed by atoms with E-state index >= 15 is 0 Å². The van der Waals surface area contributed by atoms with Crippen LogP contribution in [-0.2, 0) is 0 Å². The van der Waals surface area contributed by atoms with Crippen molar-refractivity contribution in [2.24, 2.45) is 0 Å². The maximum atomic E-state index is 13.3. The fourth-order valence-electron chi connectivity index (χ4n) is 1.01. The summed E-state index contributed by atoms with van der Waals surface area (Å²) in [5.74, 6) is 0. The number of hydrogen-bond acceptors (Lipinski definition) is 0. The van der Waals surface area contributed by atoms with Crippen LogP contribution in [0.25, 0.3) is 0 Å². The number of rotatable bonds is 4. The molecule has 62 valence electrons. The van der Waals surface area contributed by atoms with Crippen LogP contribution in [0.4, 0.5) is 4.11 Å². The molecule has 0 saturated heterocycles. The lowest BCUT2D eigenvalue weighted by atomic mass is 10.4. The number of halogens is 1. The average molecular weight is 162 g/mol. The molecule has 0 aliphatic rings. The van der Waals surface area contributed by atoms with Crippen LogP contribution in [0.2, 0.25) is 11.1 Å². The molecule has 0 amide bonds. The normalized spacial score (nSPS) is 20.1. The molecule has 0 spiro atoms. The fourth-order valence-corrected chi connectivity index (χ4v) is 3.03. The highest BCUT2D eigenvalue weighted by Gasteiger charge is 2.22. The summed E-state index contributed by atoms with van der Waals surface area (Å²) in [7, 11) is -1.89. The molecule has 0 aromatic carbocycles. The molecule has 0 N–H and O–H groups in total. The van der Waals surface area contributed by atoms with Gasteiger partial charge in [-0.2, -0.15) is 0 Å². The highest BCUT2D eigenvalue weighted by molar-refractivity contribution is 6.54. The minimum Gasteiger partial charge on any atom is -0.318 e. The zero-order valence-corrected chi connectivity index (χ0v) is 8.68.